The predicted molar refractivity (Wildman–Crippen MR) is 89.6 cm³/mol. The van der Waals surface area contributed by atoms with Crippen molar-refractivity contribution >= 4 is 11.4 Å². The molecule has 0 spiro atoms. The van der Waals surface area contributed by atoms with E-state index in [1.807, 2.05) is 0 Å². The zero-order chi connectivity index (χ0) is 14.8. The van der Waals surface area contributed by atoms with Crippen LogP contribution in [0.3, 0.4) is 0 Å². The second-order valence-electron chi connectivity index (χ2n) is 7.47. The van der Waals surface area contributed by atoms with Crippen LogP contribution in [0.2, 0.25) is 0 Å². The van der Waals surface area contributed by atoms with E-state index in [9.17, 15) is 0 Å². The molecule has 0 radical (unpaired) electrons. The van der Waals surface area contributed by atoms with Gasteiger partial charge in [0.1, 0.15) is 0 Å². The van der Waals surface area contributed by atoms with Gasteiger partial charge in [-0.05, 0) is 49.1 Å². The van der Waals surface area contributed by atoms with Crippen molar-refractivity contribution in [1.29, 1.82) is 0 Å². The quantitative estimate of drug-likeness (QED) is 0.854. The van der Waals surface area contributed by atoms with Crippen molar-refractivity contribution < 1.29 is 0 Å². The van der Waals surface area contributed by atoms with E-state index in [0.29, 0.717) is 11.5 Å². The molecule has 1 saturated carbocycles. The normalized spacial score (nSPS) is 23.4. The molecule has 0 amide bonds. The molecule has 1 aromatic rings. The maximum Gasteiger partial charge on any atom is 0.0596 e. The molecular formula is C18H30N2. The Kier molecular flexibility index (Phi) is 4.62. The number of nitrogens with one attached hydrogen (secondary N) is 1. The van der Waals surface area contributed by atoms with Gasteiger partial charge in [-0.2, -0.15) is 0 Å². The molecule has 0 unspecified atom stereocenters. The third-order valence-corrected chi connectivity index (χ3v) is 4.70. The number of hydrogen-bond donors (Lipinski definition) is 1. The third-order valence-electron chi connectivity index (χ3n) is 4.70. The van der Waals surface area contributed by atoms with Gasteiger partial charge in [0.25, 0.3) is 0 Å². The predicted octanol–water partition coefficient (Wildman–Crippen LogP) is 4.77. The van der Waals surface area contributed by atoms with Gasteiger partial charge in [-0.1, -0.05) is 32.9 Å². The summed E-state index contributed by atoms with van der Waals surface area (Å²) in [5.74, 6) is 0.879. The van der Waals surface area contributed by atoms with E-state index in [4.69, 9.17) is 0 Å². The van der Waals surface area contributed by atoms with Gasteiger partial charge >= 0.3 is 0 Å². The average molecular weight is 274 g/mol. The Hall–Kier alpha value is -1.18. The number of para-hydroxylation sites is 2. The SMILES string of the molecule is CN(C)c1ccccc1NC1CCC(C(C)(C)C)CC1. The zero-order valence-electron chi connectivity index (χ0n) is 13.7. The van der Waals surface area contributed by atoms with E-state index in [1.165, 1.54) is 37.1 Å². The molecule has 1 aliphatic carbocycles. The minimum Gasteiger partial charge on any atom is -0.381 e. The van der Waals surface area contributed by atoms with Crippen LogP contribution in [0.1, 0.15) is 46.5 Å². The van der Waals surface area contributed by atoms with E-state index < -0.39 is 0 Å². The number of anilines is 2. The van der Waals surface area contributed by atoms with Gasteiger partial charge in [-0.3, -0.25) is 0 Å². The summed E-state index contributed by atoms with van der Waals surface area (Å²) >= 11 is 0. The largest absolute Gasteiger partial charge is 0.381 e. The minimum absolute atomic E-state index is 0.465. The van der Waals surface area contributed by atoms with Crippen LogP contribution in [-0.2, 0) is 0 Å². The third kappa shape index (κ3) is 3.68. The van der Waals surface area contributed by atoms with Gasteiger partial charge in [0.05, 0.1) is 11.4 Å². The van der Waals surface area contributed by atoms with E-state index in [1.54, 1.807) is 0 Å². The van der Waals surface area contributed by atoms with Crippen LogP contribution < -0.4 is 10.2 Å². The van der Waals surface area contributed by atoms with Crippen LogP contribution in [0.15, 0.2) is 24.3 Å². The first-order valence-electron chi connectivity index (χ1n) is 7.91. The smallest absolute Gasteiger partial charge is 0.0596 e. The first-order chi connectivity index (χ1) is 9.38. The Morgan fingerprint density at radius 2 is 1.60 bits per heavy atom. The zero-order valence-corrected chi connectivity index (χ0v) is 13.7. The fourth-order valence-electron chi connectivity index (χ4n) is 3.31. The van der Waals surface area contributed by atoms with Crippen molar-refractivity contribution in [3.8, 4) is 0 Å². The molecule has 0 saturated heterocycles. The summed E-state index contributed by atoms with van der Waals surface area (Å²) in [6, 6.07) is 9.25. The van der Waals surface area contributed by atoms with Gasteiger partial charge in [-0.15, -0.1) is 0 Å². The maximum atomic E-state index is 3.76. The van der Waals surface area contributed by atoms with Crippen LogP contribution in [0.25, 0.3) is 0 Å². The van der Waals surface area contributed by atoms with E-state index in [2.05, 4.69) is 69.3 Å². The van der Waals surface area contributed by atoms with E-state index in [0.717, 1.165) is 5.92 Å². The lowest BCUT2D eigenvalue weighted by Gasteiger charge is -2.37. The van der Waals surface area contributed by atoms with Gasteiger partial charge in [0, 0.05) is 20.1 Å². The molecule has 0 aliphatic heterocycles. The first kappa shape index (κ1) is 15.2. The monoisotopic (exact) mass is 274 g/mol. The lowest BCUT2D eigenvalue weighted by atomic mass is 9.71. The highest BCUT2D eigenvalue weighted by molar-refractivity contribution is 5.69. The van der Waals surface area contributed by atoms with Gasteiger partial charge in [0.15, 0.2) is 0 Å². The topological polar surface area (TPSA) is 15.3 Å². The second kappa shape index (κ2) is 6.07. The van der Waals surface area contributed by atoms with Crippen LogP contribution in [0.5, 0.6) is 0 Å². The Morgan fingerprint density at radius 1 is 1.00 bits per heavy atom. The van der Waals surface area contributed by atoms with Gasteiger partial charge in [-0.25, -0.2) is 0 Å². The average Bonchev–Trinajstić information content (AvgIpc) is 2.38. The van der Waals surface area contributed by atoms with Crippen LogP contribution in [0.4, 0.5) is 11.4 Å². The number of nitrogens with zero attached hydrogens (tertiary/aromatic N) is 1. The highest BCUT2D eigenvalue weighted by atomic mass is 15.1. The van der Waals surface area contributed by atoms with Gasteiger partial charge < -0.3 is 10.2 Å². The van der Waals surface area contributed by atoms with Crippen molar-refractivity contribution in [2.45, 2.75) is 52.5 Å². The van der Waals surface area contributed by atoms with Crippen molar-refractivity contribution in [2.75, 3.05) is 24.3 Å². The van der Waals surface area contributed by atoms with Crippen molar-refractivity contribution in [2.24, 2.45) is 11.3 Å². The standard InChI is InChI=1S/C18H30N2/c1-18(2,3)14-10-12-15(13-11-14)19-16-8-6-7-9-17(16)20(4)5/h6-9,14-15,19H,10-13H2,1-5H3. The molecule has 1 aromatic carbocycles. The van der Waals surface area contributed by atoms with E-state index in [-0.39, 0.29) is 0 Å². The molecule has 2 rings (SSSR count). The fraction of sp³-hybridized carbons (Fsp3) is 0.667. The Morgan fingerprint density at radius 3 is 2.15 bits per heavy atom. The molecule has 0 atom stereocenters. The molecule has 20 heavy (non-hydrogen) atoms. The molecule has 2 heteroatoms. The molecule has 1 aliphatic rings. The molecule has 0 heterocycles. The highest BCUT2D eigenvalue weighted by Crippen LogP contribution is 2.39. The Labute approximate surface area is 124 Å². The van der Waals surface area contributed by atoms with Crippen molar-refractivity contribution in [3.63, 3.8) is 0 Å². The number of rotatable bonds is 3. The lowest BCUT2D eigenvalue weighted by Crippen LogP contribution is -2.32. The summed E-state index contributed by atoms with van der Waals surface area (Å²) in [7, 11) is 4.22. The first-order valence-corrected chi connectivity index (χ1v) is 7.91. The number of benzene rings is 1. The van der Waals surface area contributed by atoms with Crippen LogP contribution in [-0.4, -0.2) is 20.1 Å². The molecule has 1 fully saturated rings. The molecular weight excluding hydrogens is 244 g/mol. The summed E-state index contributed by atoms with van der Waals surface area (Å²) in [4.78, 5) is 2.18. The summed E-state index contributed by atoms with van der Waals surface area (Å²) in [5.41, 5.74) is 3.02. The summed E-state index contributed by atoms with van der Waals surface area (Å²) in [6.07, 6.45) is 5.30. The minimum atomic E-state index is 0.465. The van der Waals surface area contributed by atoms with E-state index >= 15 is 0 Å². The fourth-order valence-corrected chi connectivity index (χ4v) is 3.31. The second-order valence-corrected chi connectivity index (χ2v) is 7.47. The number of hydrogen-bond acceptors (Lipinski definition) is 2. The maximum absolute atomic E-state index is 3.76. The Balaban J connectivity index is 1.96. The van der Waals surface area contributed by atoms with Crippen LogP contribution >= 0.6 is 0 Å². The van der Waals surface area contributed by atoms with Crippen molar-refractivity contribution in [3.05, 3.63) is 24.3 Å². The molecule has 0 aromatic heterocycles. The van der Waals surface area contributed by atoms with Crippen LogP contribution in [0, 0.1) is 11.3 Å². The molecule has 112 valence electrons. The summed E-state index contributed by atoms with van der Waals surface area (Å²) in [6.45, 7) is 7.15. The lowest BCUT2D eigenvalue weighted by molar-refractivity contribution is 0.173. The summed E-state index contributed by atoms with van der Waals surface area (Å²) in [5, 5.41) is 3.76. The van der Waals surface area contributed by atoms with Crippen molar-refractivity contribution in [1.82, 2.24) is 0 Å². The molecule has 1 N–H and O–H groups in total. The molecule has 0 bridgehead atoms. The Bertz CT molecular complexity index is 423. The summed E-state index contributed by atoms with van der Waals surface area (Å²) < 4.78 is 0. The highest BCUT2D eigenvalue weighted by Gasteiger charge is 2.29. The molecule has 2 nitrogen and oxygen atoms in total. The van der Waals surface area contributed by atoms with Gasteiger partial charge in [0.2, 0.25) is 0 Å².